The van der Waals surface area contributed by atoms with Crippen molar-refractivity contribution in [3.05, 3.63) is 64.8 Å². The van der Waals surface area contributed by atoms with Gasteiger partial charge in [0.15, 0.2) is 11.5 Å². The fourth-order valence-corrected chi connectivity index (χ4v) is 3.54. The van der Waals surface area contributed by atoms with Gasteiger partial charge in [-0.3, -0.25) is 4.79 Å². The van der Waals surface area contributed by atoms with Crippen LogP contribution in [0.15, 0.2) is 40.8 Å². The van der Waals surface area contributed by atoms with E-state index in [0.29, 0.717) is 18.1 Å². The quantitative estimate of drug-likeness (QED) is 0.336. The number of alkyl halides is 2. The Morgan fingerprint density at radius 2 is 1.95 bits per heavy atom. The number of carbonyl (C=O) groups excluding carboxylic acids is 1. The first-order valence-electron chi connectivity index (χ1n) is 11.4. The lowest BCUT2D eigenvalue weighted by Gasteiger charge is -2.12. The molecule has 0 radical (unpaired) electrons. The van der Waals surface area contributed by atoms with E-state index in [1.54, 1.807) is 6.92 Å². The summed E-state index contributed by atoms with van der Waals surface area (Å²) >= 11 is 0. The van der Waals surface area contributed by atoms with Gasteiger partial charge >= 0.3 is 12.6 Å². The molecular formula is C25H24F3N3O6. The van der Waals surface area contributed by atoms with Crippen molar-refractivity contribution in [2.24, 2.45) is 11.7 Å². The number of aromatic nitrogens is 1. The van der Waals surface area contributed by atoms with Crippen molar-refractivity contribution in [1.29, 1.82) is 0 Å². The molecule has 1 heterocycles. The van der Waals surface area contributed by atoms with Crippen LogP contribution >= 0.6 is 0 Å². The lowest BCUT2D eigenvalue weighted by molar-refractivity contribution is -0.0515. The van der Waals surface area contributed by atoms with Crippen LogP contribution < -0.4 is 20.5 Å². The highest BCUT2D eigenvalue weighted by molar-refractivity contribution is 5.97. The molecule has 1 fully saturated rings. The third-order valence-corrected chi connectivity index (χ3v) is 5.61. The number of nitrogens with one attached hydrogen (secondary N) is 1. The van der Waals surface area contributed by atoms with Crippen molar-refractivity contribution in [3.63, 3.8) is 0 Å². The molecule has 9 nitrogen and oxygen atoms in total. The van der Waals surface area contributed by atoms with Gasteiger partial charge in [-0.25, -0.2) is 14.2 Å². The number of rotatable bonds is 11. The lowest BCUT2D eigenvalue weighted by Crippen LogP contribution is -2.25. The Labute approximate surface area is 209 Å². The number of halogens is 3. The van der Waals surface area contributed by atoms with E-state index in [1.807, 2.05) is 0 Å². The van der Waals surface area contributed by atoms with Crippen LogP contribution in [0.4, 0.5) is 13.2 Å². The molecule has 37 heavy (non-hydrogen) atoms. The first-order valence-corrected chi connectivity index (χ1v) is 11.4. The van der Waals surface area contributed by atoms with Gasteiger partial charge < -0.3 is 30.0 Å². The molecule has 0 aliphatic heterocycles. The molecule has 1 aliphatic carbocycles. The van der Waals surface area contributed by atoms with Crippen molar-refractivity contribution in [2.75, 3.05) is 6.61 Å². The maximum Gasteiger partial charge on any atom is 0.387 e. The topological polar surface area (TPSA) is 137 Å². The average Bonchev–Trinajstić information content (AvgIpc) is 3.57. The smallest absolute Gasteiger partial charge is 0.387 e. The summed E-state index contributed by atoms with van der Waals surface area (Å²) in [6.45, 7) is -1.24. The van der Waals surface area contributed by atoms with E-state index in [4.69, 9.17) is 20.0 Å². The van der Waals surface area contributed by atoms with Crippen LogP contribution in [-0.2, 0) is 6.54 Å². The zero-order valence-corrected chi connectivity index (χ0v) is 19.7. The van der Waals surface area contributed by atoms with Gasteiger partial charge in [0.25, 0.3) is 5.91 Å². The molecule has 0 saturated heterocycles. The van der Waals surface area contributed by atoms with Gasteiger partial charge in [-0.1, -0.05) is 6.07 Å². The van der Waals surface area contributed by atoms with Gasteiger partial charge in [0, 0.05) is 5.56 Å². The van der Waals surface area contributed by atoms with Gasteiger partial charge in [-0.15, -0.1) is 0 Å². The minimum absolute atomic E-state index is 0.0930. The lowest BCUT2D eigenvalue weighted by atomic mass is 10.1. The largest absolute Gasteiger partial charge is 0.489 e. The Kier molecular flexibility index (Phi) is 7.67. The van der Waals surface area contributed by atoms with E-state index in [2.05, 4.69) is 15.0 Å². The van der Waals surface area contributed by atoms with Crippen LogP contribution in [0.3, 0.4) is 0 Å². The number of aromatic carboxylic acids is 1. The van der Waals surface area contributed by atoms with Crippen molar-refractivity contribution >= 4 is 11.9 Å². The summed E-state index contributed by atoms with van der Waals surface area (Å²) in [7, 11) is 0. The second kappa shape index (κ2) is 10.9. The maximum absolute atomic E-state index is 14.4. The molecule has 3 aromatic rings. The van der Waals surface area contributed by atoms with E-state index in [9.17, 15) is 22.8 Å². The number of benzene rings is 2. The number of nitrogens with two attached hydrogens (primary N) is 1. The summed E-state index contributed by atoms with van der Waals surface area (Å²) in [4.78, 5) is 28.1. The number of ether oxygens (including phenoxy) is 2. The fourth-order valence-electron chi connectivity index (χ4n) is 3.54. The summed E-state index contributed by atoms with van der Waals surface area (Å²) in [5.74, 6) is -2.84. The Hall–Kier alpha value is -4.06. The number of oxazole rings is 1. The van der Waals surface area contributed by atoms with Crippen LogP contribution in [0.1, 0.15) is 58.0 Å². The van der Waals surface area contributed by atoms with Crippen molar-refractivity contribution in [1.82, 2.24) is 10.3 Å². The summed E-state index contributed by atoms with van der Waals surface area (Å²) in [6.07, 6.45) is 2.00. The van der Waals surface area contributed by atoms with Gasteiger partial charge in [0.05, 0.1) is 30.3 Å². The Morgan fingerprint density at radius 1 is 1.22 bits per heavy atom. The van der Waals surface area contributed by atoms with E-state index < -0.39 is 41.5 Å². The summed E-state index contributed by atoms with van der Waals surface area (Å²) in [5, 5.41) is 11.6. The number of amides is 1. The minimum Gasteiger partial charge on any atom is -0.489 e. The second-order valence-electron chi connectivity index (χ2n) is 8.57. The van der Waals surface area contributed by atoms with E-state index >= 15 is 0 Å². The van der Waals surface area contributed by atoms with Crippen LogP contribution in [0, 0.1) is 11.7 Å². The molecule has 4 rings (SSSR count). The average molecular weight is 519 g/mol. The molecule has 12 heteroatoms. The summed E-state index contributed by atoms with van der Waals surface area (Å²) in [5.41, 5.74) is 5.57. The SMILES string of the molecule is C[C@H](N)c1oc(-c2ccc(OC(F)F)c(OCC3CC3)c2)nc1CNC(=O)c1cccc(C(=O)O)c1F. The Morgan fingerprint density at radius 3 is 2.59 bits per heavy atom. The van der Waals surface area contributed by atoms with Gasteiger partial charge in [0.2, 0.25) is 5.89 Å². The third kappa shape index (κ3) is 6.20. The van der Waals surface area contributed by atoms with Crippen molar-refractivity contribution in [2.45, 2.75) is 39.0 Å². The number of carboxylic acid groups (broad SMARTS) is 1. The zero-order chi connectivity index (χ0) is 26.7. The normalized spacial score (nSPS) is 13.9. The standard InChI is InChI=1S/C25H24F3N3O6/c1-12(29)21-17(10-30-22(32)15-3-2-4-16(20(15)26)24(33)34)31-23(37-21)14-7-8-18(36-25(27)28)19(9-14)35-11-13-5-6-13/h2-4,7-9,12-13,25H,5-6,10-11,29H2,1H3,(H,30,32)(H,33,34)/t12-/m0/s1. The van der Waals surface area contributed by atoms with Gasteiger partial charge in [-0.2, -0.15) is 8.78 Å². The molecule has 1 amide bonds. The molecule has 1 saturated carbocycles. The van der Waals surface area contributed by atoms with E-state index in [0.717, 1.165) is 25.0 Å². The highest BCUT2D eigenvalue weighted by Crippen LogP contribution is 2.37. The van der Waals surface area contributed by atoms with Crippen LogP contribution in [0.5, 0.6) is 11.5 Å². The fraction of sp³-hybridized carbons (Fsp3) is 0.320. The van der Waals surface area contributed by atoms with Crippen LogP contribution in [0.25, 0.3) is 11.5 Å². The molecule has 196 valence electrons. The third-order valence-electron chi connectivity index (χ3n) is 5.61. The van der Waals surface area contributed by atoms with Gasteiger partial charge in [0.1, 0.15) is 17.3 Å². The van der Waals surface area contributed by atoms with Crippen LogP contribution in [-0.4, -0.2) is 35.2 Å². The predicted molar refractivity (Wildman–Crippen MR) is 124 cm³/mol. The Balaban J connectivity index is 1.57. The number of carboxylic acids is 1. The number of carbonyl (C=O) groups is 2. The number of nitrogens with zero attached hydrogens (tertiary/aromatic N) is 1. The molecule has 0 spiro atoms. The predicted octanol–water partition coefficient (Wildman–Crippen LogP) is 4.52. The minimum atomic E-state index is -3.03. The maximum atomic E-state index is 14.4. The first kappa shape index (κ1) is 26.0. The highest BCUT2D eigenvalue weighted by atomic mass is 19.3. The van der Waals surface area contributed by atoms with Crippen LogP contribution in [0.2, 0.25) is 0 Å². The number of hydrogen-bond acceptors (Lipinski definition) is 7. The molecule has 1 atom stereocenters. The van der Waals surface area contributed by atoms with Crippen molar-refractivity contribution in [3.8, 4) is 23.0 Å². The zero-order valence-electron chi connectivity index (χ0n) is 19.7. The van der Waals surface area contributed by atoms with Gasteiger partial charge in [-0.05, 0) is 56.0 Å². The second-order valence-corrected chi connectivity index (χ2v) is 8.57. The van der Waals surface area contributed by atoms with E-state index in [1.165, 1.54) is 24.3 Å². The molecule has 1 aliphatic rings. The highest BCUT2D eigenvalue weighted by Gasteiger charge is 2.25. The monoisotopic (exact) mass is 519 g/mol. The number of hydrogen-bond donors (Lipinski definition) is 3. The van der Waals surface area contributed by atoms with Crippen molar-refractivity contribution < 1.29 is 41.8 Å². The molecule has 2 aromatic carbocycles. The molecular weight excluding hydrogens is 495 g/mol. The molecule has 0 bridgehead atoms. The summed E-state index contributed by atoms with van der Waals surface area (Å²) < 4.78 is 56.1. The molecule has 4 N–H and O–H groups in total. The molecule has 1 aromatic heterocycles. The summed E-state index contributed by atoms with van der Waals surface area (Å²) in [6, 6.07) is 7.08. The first-order chi connectivity index (χ1) is 17.6. The van der Waals surface area contributed by atoms with E-state index in [-0.39, 0.29) is 35.4 Å². The molecule has 0 unspecified atom stereocenters. The Bertz CT molecular complexity index is 1310.